The largest absolute Gasteiger partial charge is 0.370 e. The van der Waals surface area contributed by atoms with E-state index in [0.29, 0.717) is 33.8 Å². The third kappa shape index (κ3) is 4.90. The number of aryl methyl sites for hydroxylation is 1. The second-order valence-corrected chi connectivity index (χ2v) is 10.9. The maximum Gasteiger partial charge on any atom is 0.266 e. The Morgan fingerprint density at radius 1 is 1.09 bits per heavy atom. The summed E-state index contributed by atoms with van der Waals surface area (Å²) in [5.41, 5.74) is 2.49. The van der Waals surface area contributed by atoms with Crippen LogP contribution in [0.3, 0.4) is 0 Å². The SMILES string of the molecule is CCn1c(=O)c(C=C2SC(=S)N(CCC(C)C)C2=O)c(N2CCCCCC2)c2ccccc21. The average molecular weight is 484 g/mol. The quantitative estimate of drug-likeness (QED) is 0.392. The zero-order chi connectivity index (χ0) is 23.5. The number of amides is 1. The summed E-state index contributed by atoms with van der Waals surface area (Å²) in [6.45, 7) is 9.33. The van der Waals surface area contributed by atoms with Gasteiger partial charge < -0.3 is 9.47 Å². The first-order valence-electron chi connectivity index (χ1n) is 12.1. The van der Waals surface area contributed by atoms with Gasteiger partial charge in [0.05, 0.1) is 21.7 Å². The van der Waals surface area contributed by atoms with Gasteiger partial charge in [-0.05, 0) is 44.2 Å². The average Bonchev–Trinajstić information content (AvgIpc) is 2.96. The summed E-state index contributed by atoms with van der Waals surface area (Å²) >= 11 is 6.85. The Morgan fingerprint density at radius 2 is 1.79 bits per heavy atom. The second-order valence-electron chi connectivity index (χ2n) is 9.25. The second kappa shape index (κ2) is 10.4. The van der Waals surface area contributed by atoms with Crippen molar-refractivity contribution in [2.45, 2.75) is 59.4 Å². The first kappa shape index (κ1) is 24.0. The highest BCUT2D eigenvalue weighted by molar-refractivity contribution is 8.26. The Bertz CT molecular complexity index is 1140. The van der Waals surface area contributed by atoms with Crippen LogP contribution in [0.5, 0.6) is 0 Å². The standard InChI is InChI=1S/C26H33N3O2S2/c1-4-28-21-12-8-7-11-19(21)23(27-14-9-5-6-10-15-27)20(24(28)30)17-22-25(31)29(26(32)33-22)16-13-18(2)3/h7-8,11-12,17-18H,4-6,9-10,13-16H2,1-3H3. The predicted molar refractivity (Wildman–Crippen MR) is 144 cm³/mol. The van der Waals surface area contributed by atoms with Crippen molar-refractivity contribution in [2.24, 2.45) is 5.92 Å². The molecule has 3 heterocycles. The molecule has 0 spiro atoms. The third-order valence-corrected chi connectivity index (χ3v) is 7.88. The Labute approximate surface area is 205 Å². The molecular weight excluding hydrogens is 450 g/mol. The maximum absolute atomic E-state index is 13.8. The summed E-state index contributed by atoms with van der Waals surface area (Å²) in [5.74, 6) is 0.411. The van der Waals surface area contributed by atoms with Crippen molar-refractivity contribution in [1.82, 2.24) is 9.47 Å². The number of fused-ring (bicyclic) bond motifs is 1. The minimum atomic E-state index is -0.0805. The molecule has 2 fully saturated rings. The first-order chi connectivity index (χ1) is 15.9. The Balaban J connectivity index is 1.87. The zero-order valence-electron chi connectivity index (χ0n) is 19.8. The van der Waals surface area contributed by atoms with E-state index < -0.39 is 0 Å². The number of nitrogens with zero attached hydrogens (tertiary/aromatic N) is 3. The van der Waals surface area contributed by atoms with Gasteiger partial charge in [0.1, 0.15) is 4.32 Å². The molecule has 0 bridgehead atoms. The molecule has 0 radical (unpaired) electrons. The smallest absolute Gasteiger partial charge is 0.266 e. The fourth-order valence-electron chi connectivity index (χ4n) is 4.70. The van der Waals surface area contributed by atoms with Gasteiger partial charge in [0.2, 0.25) is 0 Å². The molecule has 7 heteroatoms. The summed E-state index contributed by atoms with van der Waals surface area (Å²) < 4.78 is 2.40. The Hall–Kier alpha value is -2.12. The lowest BCUT2D eigenvalue weighted by molar-refractivity contribution is -0.122. The number of rotatable bonds is 6. The molecule has 33 heavy (non-hydrogen) atoms. The number of anilines is 1. The predicted octanol–water partition coefficient (Wildman–Crippen LogP) is 5.65. The topological polar surface area (TPSA) is 45.6 Å². The molecule has 2 aliphatic heterocycles. The van der Waals surface area contributed by atoms with Gasteiger partial charge in [-0.1, -0.05) is 68.9 Å². The fraction of sp³-hybridized carbons (Fsp3) is 0.500. The van der Waals surface area contributed by atoms with E-state index in [1.165, 1.54) is 24.6 Å². The number of carbonyl (C=O) groups is 1. The number of benzene rings is 1. The lowest BCUT2D eigenvalue weighted by Gasteiger charge is -2.27. The van der Waals surface area contributed by atoms with Crippen molar-refractivity contribution < 1.29 is 4.79 Å². The number of hydrogen-bond donors (Lipinski definition) is 0. The van der Waals surface area contributed by atoms with Gasteiger partial charge in [-0.3, -0.25) is 14.5 Å². The van der Waals surface area contributed by atoms with Crippen molar-refractivity contribution in [3.63, 3.8) is 0 Å². The molecule has 0 unspecified atom stereocenters. The number of pyridine rings is 1. The van der Waals surface area contributed by atoms with E-state index in [0.717, 1.165) is 48.9 Å². The van der Waals surface area contributed by atoms with Crippen LogP contribution in [0, 0.1) is 5.92 Å². The molecule has 1 aromatic carbocycles. The molecule has 4 rings (SSSR count). The molecule has 1 amide bonds. The van der Waals surface area contributed by atoms with Crippen molar-refractivity contribution in [2.75, 3.05) is 24.5 Å². The lowest BCUT2D eigenvalue weighted by Crippen LogP contribution is -2.31. The van der Waals surface area contributed by atoms with Crippen LogP contribution in [0.15, 0.2) is 34.0 Å². The number of thioether (sulfide) groups is 1. The van der Waals surface area contributed by atoms with E-state index in [2.05, 4.69) is 24.8 Å². The highest BCUT2D eigenvalue weighted by atomic mass is 32.2. The monoisotopic (exact) mass is 483 g/mol. The molecule has 2 aliphatic rings. The summed E-state index contributed by atoms with van der Waals surface area (Å²) in [4.78, 5) is 31.6. The van der Waals surface area contributed by atoms with E-state index in [9.17, 15) is 9.59 Å². The van der Waals surface area contributed by atoms with Gasteiger partial charge in [-0.25, -0.2) is 0 Å². The number of thiocarbonyl (C=S) groups is 1. The fourth-order valence-corrected chi connectivity index (χ4v) is 5.99. The van der Waals surface area contributed by atoms with Crippen LogP contribution in [-0.4, -0.2) is 39.3 Å². The summed E-state index contributed by atoms with van der Waals surface area (Å²) in [5, 5.41) is 1.07. The van der Waals surface area contributed by atoms with E-state index in [4.69, 9.17) is 12.2 Å². The normalized spacial score (nSPS) is 18.7. The molecule has 0 N–H and O–H groups in total. The molecule has 1 aromatic heterocycles. The molecule has 2 saturated heterocycles. The van der Waals surface area contributed by atoms with Crippen LogP contribution in [0.1, 0.15) is 58.4 Å². The van der Waals surface area contributed by atoms with Gasteiger partial charge in [-0.15, -0.1) is 0 Å². The third-order valence-electron chi connectivity index (χ3n) is 6.50. The first-order valence-corrected chi connectivity index (χ1v) is 13.3. The van der Waals surface area contributed by atoms with Crippen molar-refractivity contribution >= 4 is 56.9 Å². The molecule has 2 aromatic rings. The zero-order valence-corrected chi connectivity index (χ0v) is 21.4. The Morgan fingerprint density at radius 3 is 2.45 bits per heavy atom. The number of aromatic nitrogens is 1. The molecule has 5 nitrogen and oxygen atoms in total. The molecule has 176 valence electrons. The summed E-state index contributed by atoms with van der Waals surface area (Å²) in [6, 6.07) is 8.14. The van der Waals surface area contributed by atoms with Crippen LogP contribution in [0.25, 0.3) is 17.0 Å². The van der Waals surface area contributed by atoms with E-state index >= 15 is 0 Å². The van der Waals surface area contributed by atoms with Gasteiger partial charge in [0, 0.05) is 31.6 Å². The van der Waals surface area contributed by atoms with Crippen LogP contribution in [0.4, 0.5) is 5.69 Å². The molecule has 0 atom stereocenters. The highest BCUT2D eigenvalue weighted by Gasteiger charge is 2.33. The van der Waals surface area contributed by atoms with Gasteiger partial charge in [0.25, 0.3) is 11.5 Å². The minimum Gasteiger partial charge on any atom is -0.370 e. The lowest BCUT2D eigenvalue weighted by atomic mass is 10.1. The Kier molecular flexibility index (Phi) is 7.59. The van der Waals surface area contributed by atoms with E-state index in [-0.39, 0.29) is 11.5 Å². The minimum absolute atomic E-state index is 0.0390. The van der Waals surface area contributed by atoms with Crippen LogP contribution in [0.2, 0.25) is 0 Å². The summed E-state index contributed by atoms with van der Waals surface area (Å²) in [6.07, 6.45) is 7.37. The highest BCUT2D eigenvalue weighted by Crippen LogP contribution is 2.37. The molecule has 0 saturated carbocycles. The van der Waals surface area contributed by atoms with Crippen LogP contribution >= 0.6 is 24.0 Å². The number of para-hydroxylation sites is 1. The molecular formula is C26H33N3O2S2. The summed E-state index contributed by atoms with van der Waals surface area (Å²) in [7, 11) is 0. The van der Waals surface area contributed by atoms with Crippen LogP contribution < -0.4 is 10.5 Å². The van der Waals surface area contributed by atoms with Crippen molar-refractivity contribution in [3.05, 3.63) is 45.1 Å². The van der Waals surface area contributed by atoms with Gasteiger partial charge in [0.15, 0.2) is 0 Å². The van der Waals surface area contributed by atoms with E-state index in [1.807, 2.05) is 35.8 Å². The van der Waals surface area contributed by atoms with Crippen molar-refractivity contribution in [1.29, 1.82) is 0 Å². The molecule has 0 aliphatic carbocycles. The van der Waals surface area contributed by atoms with E-state index in [1.54, 1.807) is 4.90 Å². The van der Waals surface area contributed by atoms with Gasteiger partial charge in [-0.2, -0.15) is 0 Å². The number of carbonyl (C=O) groups excluding carboxylic acids is 1. The van der Waals surface area contributed by atoms with Gasteiger partial charge >= 0.3 is 0 Å². The van der Waals surface area contributed by atoms with Crippen LogP contribution in [-0.2, 0) is 11.3 Å². The maximum atomic E-state index is 13.8. The van der Waals surface area contributed by atoms with Crippen molar-refractivity contribution in [3.8, 4) is 0 Å². The number of hydrogen-bond acceptors (Lipinski definition) is 5.